The van der Waals surface area contributed by atoms with Gasteiger partial charge in [0.05, 0.1) is 4.92 Å². The summed E-state index contributed by atoms with van der Waals surface area (Å²) >= 11 is 0. The molecule has 17 heavy (non-hydrogen) atoms. The first-order valence-corrected chi connectivity index (χ1v) is 4.87. The predicted molar refractivity (Wildman–Crippen MR) is 61.1 cm³/mol. The molecule has 0 spiro atoms. The van der Waals surface area contributed by atoms with Gasteiger partial charge in [-0.05, 0) is 30.7 Å². The molecule has 0 radical (unpaired) electrons. The molecule has 0 aliphatic heterocycles. The van der Waals surface area contributed by atoms with Gasteiger partial charge in [0.15, 0.2) is 5.69 Å². The van der Waals surface area contributed by atoms with Crippen molar-refractivity contribution in [2.45, 2.75) is 6.92 Å². The molecule has 0 aromatic carbocycles. The van der Waals surface area contributed by atoms with Gasteiger partial charge >= 0.3 is 5.69 Å². The second-order valence-electron chi connectivity index (χ2n) is 3.36. The van der Waals surface area contributed by atoms with Crippen LogP contribution in [0.5, 0.6) is 0 Å². The SMILES string of the molecule is Cc1noc(/C=C/c2cccnc2)c1[N+](=O)[O-]. The van der Waals surface area contributed by atoms with Crippen molar-refractivity contribution in [2.75, 3.05) is 0 Å². The van der Waals surface area contributed by atoms with E-state index in [0.717, 1.165) is 5.56 Å². The number of nitrogens with zero attached hydrogens (tertiary/aromatic N) is 3. The Morgan fingerprint density at radius 2 is 2.29 bits per heavy atom. The summed E-state index contributed by atoms with van der Waals surface area (Å²) in [6, 6.07) is 3.61. The summed E-state index contributed by atoms with van der Waals surface area (Å²) in [6.45, 7) is 1.53. The van der Waals surface area contributed by atoms with Crippen molar-refractivity contribution in [3.05, 3.63) is 51.7 Å². The number of aromatic nitrogens is 2. The molecule has 0 aliphatic carbocycles. The molecule has 6 nitrogen and oxygen atoms in total. The first-order valence-electron chi connectivity index (χ1n) is 4.87. The van der Waals surface area contributed by atoms with E-state index < -0.39 is 4.92 Å². The average molecular weight is 231 g/mol. The molecule has 2 rings (SSSR count). The lowest BCUT2D eigenvalue weighted by Crippen LogP contribution is -1.90. The summed E-state index contributed by atoms with van der Waals surface area (Å²) in [5, 5.41) is 14.3. The van der Waals surface area contributed by atoms with Gasteiger partial charge in [-0.2, -0.15) is 0 Å². The summed E-state index contributed by atoms with van der Waals surface area (Å²) in [7, 11) is 0. The molecule has 0 saturated carbocycles. The van der Waals surface area contributed by atoms with Gasteiger partial charge in [0.25, 0.3) is 0 Å². The first kappa shape index (κ1) is 11.0. The standard InChI is InChI=1S/C11H9N3O3/c1-8-11(14(15)16)10(17-13-8)5-4-9-3-2-6-12-7-9/h2-7H,1H3/b5-4+. The van der Waals surface area contributed by atoms with Crippen LogP contribution in [0.15, 0.2) is 29.0 Å². The van der Waals surface area contributed by atoms with Gasteiger partial charge in [0.1, 0.15) is 0 Å². The quantitative estimate of drug-likeness (QED) is 0.598. The third-order valence-corrected chi connectivity index (χ3v) is 2.15. The van der Waals surface area contributed by atoms with Crippen molar-refractivity contribution in [3.63, 3.8) is 0 Å². The molecule has 0 amide bonds. The van der Waals surface area contributed by atoms with Gasteiger partial charge in [-0.25, -0.2) is 0 Å². The van der Waals surface area contributed by atoms with Crippen LogP contribution >= 0.6 is 0 Å². The maximum absolute atomic E-state index is 10.8. The van der Waals surface area contributed by atoms with Crippen molar-refractivity contribution >= 4 is 17.8 Å². The molecule has 0 bridgehead atoms. The van der Waals surface area contributed by atoms with Crippen LogP contribution < -0.4 is 0 Å². The smallest absolute Gasteiger partial charge is 0.338 e. The van der Waals surface area contributed by atoms with Crippen LogP contribution in [0.3, 0.4) is 0 Å². The van der Waals surface area contributed by atoms with E-state index in [0.29, 0.717) is 0 Å². The first-order chi connectivity index (χ1) is 8.18. The van der Waals surface area contributed by atoms with Crippen molar-refractivity contribution < 1.29 is 9.45 Å². The zero-order valence-corrected chi connectivity index (χ0v) is 9.03. The van der Waals surface area contributed by atoms with E-state index in [1.807, 2.05) is 6.07 Å². The molecular formula is C11H9N3O3. The van der Waals surface area contributed by atoms with Crippen LogP contribution in [0.25, 0.3) is 12.2 Å². The minimum Gasteiger partial charge on any atom is -0.349 e. The topological polar surface area (TPSA) is 82.1 Å². The van der Waals surface area contributed by atoms with E-state index >= 15 is 0 Å². The molecule has 0 atom stereocenters. The van der Waals surface area contributed by atoms with Gasteiger partial charge < -0.3 is 4.52 Å². The van der Waals surface area contributed by atoms with E-state index in [9.17, 15) is 10.1 Å². The Hall–Kier alpha value is -2.50. The van der Waals surface area contributed by atoms with Gasteiger partial charge in [0.2, 0.25) is 5.76 Å². The Morgan fingerprint density at radius 3 is 2.94 bits per heavy atom. The van der Waals surface area contributed by atoms with Crippen molar-refractivity contribution in [2.24, 2.45) is 0 Å². The highest BCUT2D eigenvalue weighted by atomic mass is 16.6. The van der Waals surface area contributed by atoms with E-state index in [1.54, 1.807) is 24.5 Å². The largest absolute Gasteiger partial charge is 0.349 e. The number of hydrogen-bond donors (Lipinski definition) is 0. The van der Waals surface area contributed by atoms with Crippen LogP contribution in [0, 0.1) is 17.0 Å². The van der Waals surface area contributed by atoms with Crippen LogP contribution in [-0.2, 0) is 0 Å². The number of hydrogen-bond acceptors (Lipinski definition) is 5. The Bertz CT molecular complexity index is 561. The molecule has 0 N–H and O–H groups in total. The molecule has 2 aromatic rings. The molecule has 2 aromatic heterocycles. The van der Waals surface area contributed by atoms with Crippen LogP contribution in [0.1, 0.15) is 17.0 Å². The summed E-state index contributed by atoms with van der Waals surface area (Å²) in [5.41, 5.74) is 0.988. The van der Waals surface area contributed by atoms with Crippen LogP contribution in [-0.4, -0.2) is 15.1 Å². The van der Waals surface area contributed by atoms with Crippen molar-refractivity contribution in [1.82, 2.24) is 10.1 Å². The molecular weight excluding hydrogens is 222 g/mol. The molecule has 6 heteroatoms. The number of nitro groups is 1. The zero-order chi connectivity index (χ0) is 12.3. The number of pyridine rings is 1. The van der Waals surface area contributed by atoms with Crippen molar-refractivity contribution in [1.29, 1.82) is 0 Å². The second-order valence-corrected chi connectivity index (χ2v) is 3.36. The lowest BCUT2D eigenvalue weighted by atomic mass is 10.2. The number of rotatable bonds is 3. The fourth-order valence-corrected chi connectivity index (χ4v) is 1.36. The Balaban J connectivity index is 2.31. The van der Waals surface area contributed by atoms with E-state index in [2.05, 4.69) is 10.1 Å². The number of aryl methyl sites for hydroxylation is 1. The minimum absolute atomic E-state index is 0.106. The fourth-order valence-electron chi connectivity index (χ4n) is 1.36. The zero-order valence-electron chi connectivity index (χ0n) is 9.03. The minimum atomic E-state index is -0.505. The lowest BCUT2D eigenvalue weighted by Gasteiger charge is -1.90. The predicted octanol–water partition coefficient (Wildman–Crippen LogP) is 2.46. The summed E-state index contributed by atoms with van der Waals surface area (Å²) in [6.07, 6.45) is 6.49. The maximum Gasteiger partial charge on any atom is 0.338 e. The van der Waals surface area contributed by atoms with Crippen LogP contribution in [0.2, 0.25) is 0 Å². The molecule has 0 unspecified atom stereocenters. The fraction of sp³-hybridized carbons (Fsp3) is 0.0909. The third-order valence-electron chi connectivity index (χ3n) is 2.15. The van der Waals surface area contributed by atoms with Gasteiger partial charge in [-0.1, -0.05) is 11.2 Å². The molecule has 86 valence electrons. The maximum atomic E-state index is 10.8. The Kier molecular flexibility index (Phi) is 2.95. The monoisotopic (exact) mass is 231 g/mol. The Labute approximate surface area is 96.7 Å². The highest BCUT2D eigenvalue weighted by Gasteiger charge is 2.21. The lowest BCUT2D eigenvalue weighted by molar-refractivity contribution is -0.386. The summed E-state index contributed by atoms with van der Waals surface area (Å²) < 4.78 is 4.88. The normalized spacial score (nSPS) is 10.9. The molecule has 2 heterocycles. The average Bonchev–Trinajstić information content (AvgIpc) is 2.69. The van der Waals surface area contributed by atoms with Crippen molar-refractivity contribution in [3.8, 4) is 0 Å². The molecule has 0 fully saturated rings. The molecule has 0 aliphatic rings. The van der Waals surface area contributed by atoms with Gasteiger partial charge in [-0.15, -0.1) is 0 Å². The van der Waals surface area contributed by atoms with E-state index in [4.69, 9.17) is 4.52 Å². The summed E-state index contributed by atoms with van der Waals surface area (Å²) in [5.74, 6) is 0.136. The summed E-state index contributed by atoms with van der Waals surface area (Å²) in [4.78, 5) is 14.2. The van der Waals surface area contributed by atoms with Gasteiger partial charge in [-0.3, -0.25) is 15.1 Å². The van der Waals surface area contributed by atoms with Gasteiger partial charge in [0, 0.05) is 12.4 Å². The second kappa shape index (κ2) is 4.56. The van der Waals surface area contributed by atoms with E-state index in [-0.39, 0.29) is 17.1 Å². The highest BCUT2D eigenvalue weighted by molar-refractivity contribution is 5.71. The Morgan fingerprint density at radius 1 is 1.47 bits per heavy atom. The third kappa shape index (κ3) is 2.36. The molecule has 0 saturated heterocycles. The highest BCUT2D eigenvalue weighted by Crippen LogP contribution is 2.24. The van der Waals surface area contributed by atoms with Crippen LogP contribution in [0.4, 0.5) is 5.69 Å². The van der Waals surface area contributed by atoms with E-state index in [1.165, 1.54) is 13.0 Å².